The second kappa shape index (κ2) is 8.88. The summed E-state index contributed by atoms with van der Waals surface area (Å²) in [6.45, 7) is 12.3. The number of nitrogens with one attached hydrogen (secondary N) is 1. The van der Waals surface area contributed by atoms with Gasteiger partial charge < -0.3 is 10.1 Å². The standard InChI is InChI=1S/C23H31NO2/c1-7-20(19-12-11-16(4)18(6)14-19)24-23(25)21(8-2)26-22-13-15(3)9-10-17(22)5/h9-14,20-21H,7-8H2,1-6H3,(H,24,25)/t20-,21+/m0/s1. The van der Waals surface area contributed by atoms with E-state index in [0.29, 0.717) is 6.42 Å². The number of benzene rings is 2. The van der Waals surface area contributed by atoms with Crippen LogP contribution in [-0.2, 0) is 4.79 Å². The zero-order valence-corrected chi connectivity index (χ0v) is 16.8. The van der Waals surface area contributed by atoms with Gasteiger partial charge in [0, 0.05) is 0 Å². The van der Waals surface area contributed by atoms with Crippen LogP contribution in [-0.4, -0.2) is 12.0 Å². The molecule has 0 aliphatic carbocycles. The van der Waals surface area contributed by atoms with Gasteiger partial charge in [-0.1, -0.05) is 44.2 Å². The van der Waals surface area contributed by atoms with Gasteiger partial charge in [-0.3, -0.25) is 4.79 Å². The Morgan fingerprint density at radius 1 is 0.923 bits per heavy atom. The number of aryl methyl sites for hydroxylation is 4. The molecule has 0 aromatic heterocycles. The molecular formula is C23H31NO2. The molecule has 0 aliphatic rings. The summed E-state index contributed by atoms with van der Waals surface area (Å²) >= 11 is 0. The lowest BCUT2D eigenvalue weighted by atomic mass is 9.99. The van der Waals surface area contributed by atoms with E-state index in [2.05, 4.69) is 50.4 Å². The van der Waals surface area contributed by atoms with E-state index in [1.54, 1.807) is 0 Å². The largest absolute Gasteiger partial charge is 0.480 e. The predicted molar refractivity (Wildman–Crippen MR) is 108 cm³/mol. The molecule has 0 bridgehead atoms. The molecule has 2 aromatic carbocycles. The Morgan fingerprint density at radius 3 is 2.23 bits per heavy atom. The van der Waals surface area contributed by atoms with Gasteiger partial charge in [0.2, 0.25) is 0 Å². The van der Waals surface area contributed by atoms with Crippen LogP contribution in [0.1, 0.15) is 60.5 Å². The summed E-state index contributed by atoms with van der Waals surface area (Å²) in [5, 5.41) is 3.17. The summed E-state index contributed by atoms with van der Waals surface area (Å²) in [7, 11) is 0. The lowest BCUT2D eigenvalue weighted by Crippen LogP contribution is -2.40. The van der Waals surface area contributed by atoms with Crippen LogP contribution in [0.3, 0.4) is 0 Å². The molecule has 0 unspecified atom stereocenters. The highest BCUT2D eigenvalue weighted by molar-refractivity contribution is 5.81. The number of carbonyl (C=O) groups excluding carboxylic acids is 1. The van der Waals surface area contributed by atoms with Gasteiger partial charge in [-0.15, -0.1) is 0 Å². The number of rotatable bonds is 7. The van der Waals surface area contributed by atoms with Crippen LogP contribution < -0.4 is 10.1 Å². The van der Waals surface area contributed by atoms with Crippen LogP contribution in [0.4, 0.5) is 0 Å². The van der Waals surface area contributed by atoms with E-state index in [9.17, 15) is 4.79 Å². The summed E-state index contributed by atoms with van der Waals surface area (Å²) in [4.78, 5) is 12.8. The average molecular weight is 354 g/mol. The van der Waals surface area contributed by atoms with Crippen molar-refractivity contribution in [2.75, 3.05) is 0 Å². The van der Waals surface area contributed by atoms with Crippen LogP contribution in [0.15, 0.2) is 36.4 Å². The molecule has 3 heteroatoms. The number of amides is 1. The van der Waals surface area contributed by atoms with Gasteiger partial charge >= 0.3 is 0 Å². The maximum Gasteiger partial charge on any atom is 0.261 e. The Kier molecular flexibility index (Phi) is 6.84. The molecular weight excluding hydrogens is 322 g/mol. The summed E-state index contributed by atoms with van der Waals surface area (Å²) in [6.07, 6.45) is 0.979. The van der Waals surface area contributed by atoms with E-state index in [1.165, 1.54) is 11.1 Å². The van der Waals surface area contributed by atoms with Crippen LogP contribution >= 0.6 is 0 Å². The van der Waals surface area contributed by atoms with Crippen molar-refractivity contribution in [3.63, 3.8) is 0 Å². The molecule has 0 saturated heterocycles. The molecule has 0 fully saturated rings. The Morgan fingerprint density at radius 2 is 1.62 bits per heavy atom. The third-order valence-corrected chi connectivity index (χ3v) is 4.93. The number of hydrogen-bond donors (Lipinski definition) is 1. The van der Waals surface area contributed by atoms with E-state index in [4.69, 9.17) is 4.74 Å². The van der Waals surface area contributed by atoms with Crippen molar-refractivity contribution in [3.05, 3.63) is 64.2 Å². The van der Waals surface area contributed by atoms with Gasteiger partial charge in [-0.2, -0.15) is 0 Å². The van der Waals surface area contributed by atoms with Gasteiger partial charge in [0.05, 0.1) is 6.04 Å². The zero-order valence-electron chi connectivity index (χ0n) is 16.8. The third kappa shape index (κ3) is 4.87. The highest BCUT2D eigenvalue weighted by Gasteiger charge is 2.22. The van der Waals surface area contributed by atoms with Gasteiger partial charge in [0.1, 0.15) is 5.75 Å². The van der Waals surface area contributed by atoms with Crippen molar-refractivity contribution in [2.24, 2.45) is 0 Å². The smallest absolute Gasteiger partial charge is 0.261 e. The lowest BCUT2D eigenvalue weighted by molar-refractivity contribution is -0.129. The summed E-state index contributed by atoms with van der Waals surface area (Å²) in [5.41, 5.74) is 5.82. The molecule has 1 amide bonds. The minimum absolute atomic E-state index is 0.00180. The minimum Gasteiger partial charge on any atom is -0.480 e. The quantitative estimate of drug-likeness (QED) is 0.729. The fraction of sp³-hybridized carbons (Fsp3) is 0.435. The molecule has 1 N–H and O–H groups in total. The maximum absolute atomic E-state index is 12.8. The van der Waals surface area contributed by atoms with Crippen molar-refractivity contribution in [1.82, 2.24) is 5.32 Å². The van der Waals surface area contributed by atoms with E-state index in [1.807, 2.05) is 32.9 Å². The first-order valence-electron chi connectivity index (χ1n) is 9.47. The van der Waals surface area contributed by atoms with Crippen molar-refractivity contribution >= 4 is 5.91 Å². The number of hydrogen-bond acceptors (Lipinski definition) is 2. The normalized spacial score (nSPS) is 13.2. The van der Waals surface area contributed by atoms with Crippen LogP contribution in [0, 0.1) is 27.7 Å². The van der Waals surface area contributed by atoms with Crippen molar-refractivity contribution in [3.8, 4) is 5.75 Å². The van der Waals surface area contributed by atoms with Crippen molar-refractivity contribution < 1.29 is 9.53 Å². The third-order valence-electron chi connectivity index (χ3n) is 4.93. The molecule has 140 valence electrons. The average Bonchev–Trinajstić information content (AvgIpc) is 2.62. The molecule has 2 atom stereocenters. The first-order valence-corrected chi connectivity index (χ1v) is 9.47. The van der Waals surface area contributed by atoms with E-state index >= 15 is 0 Å². The number of ether oxygens (including phenoxy) is 1. The predicted octanol–water partition coefficient (Wildman–Crippen LogP) is 5.35. The molecule has 0 spiro atoms. The van der Waals surface area contributed by atoms with Crippen LogP contribution in [0.25, 0.3) is 0 Å². The molecule has 2 rings (SSSR count). The van der Waals surface area contributed by atoms with Gasteiger partial charge in [-0.05, 0) is 74.4 Å². The second-order valence-corrected chi connectivity index (χ2v) is 7.10. The zero-order chi connectivity index (χ0) is 19.3. The number of carbonyl (C=O) groups is 1. The lowest BCUT2D eigenvalue weighted by Gasteiger charge is -2.23. The Hall–Kier alpha value is -2.29. The SMILES string of the molecule is CC[C@H](NC(=O)[C@@H](CC)Oc1cc(C)ccc1C)c1ccc(C)c(C)c1. The van der Waals surface area contributed by atoms with Crippen LogP contribution in [0.5, 0.6) is 5.75 Å². The van der Waals surface area contributed by atoms with E-state index in [0.717, 1.165) is 28.9 Å². The summed E-state index contributed by atoms with van der Waals surface area (Å²) < 4.78 is 6.05. The van der Waals surface area contributed by atoms with Crippen LogP contribution in [0.2, 0.25) is 0 Å². The van der Waals surface area contributed by atoms with Gasteiger partial charge in [0.25, 0.3) is 5.91 Å². The Labute approximate surface area is 157 Å². The molecule has 0 saturated carbocycles. The minimum atomic E-state index is -0.490. The molecule has 3 nitrogen and oxygen atoms in total. The molecule has 0 aliphatic heterocycles. The van der Waals surface area contributed by atoms with Crippen molar-refractivity contribution in [1.29, 1.82) is 0 Å². The highest BCUT2D eigenvalue weighted by Crippen LogP contribution is 2.23. The Balaban J connectivity index is 2.13. The van der Waals surface area contributed by atoms with Gasteiger partial charge in [-0.25, -0.2) is 0 Å². The first-order chi connectivity index (χ1) is 12.3. The fourth-order valence-electron chi connectivity index (χ4n) is 2.98. The Bertz CT molecular complexity index is 767. The fourth-order valence-corrected chi connectivity index (χ4v) is 2.98. The van der Waals surface area contributed by atoms with E-state index < -0.39 is 6.10 Å². The maximum atomic E-state index is 12.8. The highest BCUT2D eigenvalue weighted by atomic mass is 16.5. The summed E-state index contributed by atoms with van der Waals surface area (Å²) in [6, 6.07) is 12.4. The van der Waals surface area contributed by atoms with Gasteiger partial charge in [0.15, 0.2) is 6.10 Å². The first kappa shape index (κ1) is 20.0. The monoisotopic (exact) mass is 353 g/mol. The van der Waals surface area contributed by atoms with E-state index in [-0.39, 0.29) is 11.9 Å². The molecule has 2 aromatic rings. The molecule has 0 heterocycles. The molecule has 0 radical (unpaired) electrons. The second-order valence-electron chi connectivity index (χ2n) is 7.10. The summed E-state index contributed by atoms with van der Waals surface area (Å²) in [5.74, 6) is 0.727. The molecule has 26 heavy (non-hydrogen) atoms. The van der Waals surface area contributed by atoms with Crippen molar-refractivity contribution in [2.45, 2.75) is 66.5 Å². The topological polar surface area (TPSA) is 38.3 Å².